The molecule has 0 fully saturated rings. The van der Waals surface area contributed by atoms with E-state index in [1.54, 1.807) is 12.1 Å². The minimum absolute atomic E-state index is 0.205. The van der Waals surface area contributed by atoms with Crippen molar-refractivity contribution in [2.45, 2.75) is 13.1 Å². The molecule has 0 saturated heterocycles. The number of aromatic nitrogens is 1. The molecule has 3 nitrogen and oxygen atoms in total. The van der Waals surface area contributed by atoms with Gasteiger partial charge in [-0.15, -0.1) is 0 Å². The Morgan fingerprint density at radius 3 is 2.70 bits per heavy atom. The number of benzene rings is 1. The predicted molar refractivity (Wildman–Crippen MR) is 80.5 cm³/mol. The summed E-state index contributed by atoms with van der Waals surface area (Å²) in [5.74, 6) is 0.562. The first-order chi connectivity index (χ1) is 9.61. The monoisotopic (exact) mass is 293 g/mol. The second-order valence-corrected chi connectivity index (χ2v) is 4.98. The van der Waals surface area contributed by atoms with E-state index in [9.17, 15) is 4.39 Å². The van der Waals surface area contributed by atoms with E-state index in [1.807, 2.05) is 37.2 Å². The van der Waals surface area contributed by atoms with Crippen molar-refractivity contribution in [2.24, 2.45) is 0 Å². The molecule has 0 aliphatic rings. The Morgan fingerprint density at radius 2 is 2.00 bits per heavy atom. The molecule has 1 heterocycles. The van der Waals surface area contributed by atoms with E-state index in [1.165, 1.54) is 6.07 Å². The lowest BCUT2D eigenvalue weighted by Crippen LogP contribution is -2.19. The average Bonchev–Trinajstić information content (AvgIpc) is 2.44. The minimum atomic E-state index is -0.205. The Kier molecular flexibility index (Phi) is 4.93. The molecule has 5 heteroatoms. The Morgan fingerprint density at radius 1 is 1.25 bits per heavy atom. The van der Waals surface area contributed by atoms with E-state index in [4.69, 9.17) is 11.6 Å². The maximum absolute atomic E-state index is 13.7. The van der Waals surface area contributed by atoms with Gasteiger partial charge in [-0.3, -0.25) is 0 Å². The first-order valence-electron chi connectivity index (χ1n) is 6.36. The molecule has 2 rings (SSSR count). The third-order valence-electron chi connectivity index (χ3n) is 3.00. The molecule has 0 bridgehead atoms. The van der Waals surface area contributed by atoms with Crippen molar-refractivity contribution in [1.29, 1.82) is 0 Å². The molecule has 1 aromatic heterocycles. The van der Waals surface area contributed by atoms with Crippen molar-refractivity contribution in [3.05, 3.63) is 58.5 Å². The normalized spacial score (nSPS) is 10.6. The van der Waals surface area contributed by atoms with Crippen LogP contribution in [0, 0.1) is 5.82 Å². The molecular weight excluding hydrogens is 277 g/mol. The van der Waals surface area contributed by atoms with Gasteiger partial charge in [0.05, 0.1) is 10.7 Å². The van der Waals surface area contributed by atoms with Crippen molar-refractivity contribution in [3.8, 4) is 0 Å². The van der Waals surface area contributed by atoms with Crippen LogP contribution in [0.1, 0.15) is 11.3 Å². The van der Waals surface area contributed by atoms with Crippen LogP contribution < -0.4 is 10.2 Å². The molecule has 106 valence electrons. The van der Waals surface area contributed by atoms with Gasteiger partial charge >= 0.3 is 0 Å². The molecule has 0 aliphatic carbocycles. The van der Waals surface area contributed by atoms with Crippen LogP contribution in [-0.2, 0) is 13.1 Å². The molecule has 0 aliphatic heterocycles. The van der Waals surface area contributed by atoms with E-state index < -0.39 is 0 Å². The van der Waals surface area contributed by atoms with E-state index in [-0.39, 0.29) is 5.82 Å². The van der Waals surface area contributed by atoms with Crippen molar-refractivity contribution >= 4 is 17.4 Å². The summed E-state index contributed by atoms with van der Waals surface area (Å²) in [7, 11) is 3.72. The Bertz CT molecular complexity index is 589. The zero-order valence-corrected chi connectivity index (χ0v) is 12.3. The largest absolute Gasteiger partial charge is 0.355 e. The number of rotatable bonds is 5. The molecule has 20 heavy (non-hydrogen) atoms. The van der Waals surface area contributed by atoms with Crippen LogP contribution >= 0.6 is 11.6 Å². The van der Waals surface area contributed by atoms with Crippen LogP contribution in [0.3, 0.4) is 0 Å². The highest BCUT2D eigenvalue weighted by atomic mass is 35.5. The van der Waals surface area contributed by atoms with E-state index in [0.717, 1.165) is 11.5 Å². The Hall–Kier alpha value is -1.65. The lowest BCUT2D eigenvalue weighted by molar-refractivity contribution is 0.607. The topological polar surface area (TPSA) is 28.2 Å². The van der Waals surface area contributed by atoms with Gasteiger partial charge in [-0.05, 0) is 25.2 Å². The second kappa shape index (κ2) is 6.68. The van der Waals surface area contributed by atoms with Gasteiger partial charge in [-0.2, -0.15) is 0 Å². The third kappa shape index (κ3) is 3.46. The zero-order valence-electron chi connectivity index (χ0n) is 11.5. The summed E-state index contributed by atoms with van der Waals surface area (Å²) in [6.45, 7) is 1.06. The van der Waals surface area contributed by atoms with E-state index in [2.05, 4.69) is 10.3 Å². The fraction of sp³-hybridized carbons (Fsp3) is 0.267. The summed E-state index contributed by atoms with van der Waals surface area (Å²) in [6, 6.07) is 10.4. The van der Waals surface area contributed by atoms with Gasteiger partial charge in [-0.25, -0.2) is 9.37 Å². The zero-order chi connectivity index (χ0) is 14.5. The molecule has 0 saturated carbocycles. The summed E-state index contributed by atoms with van der Waals surface area (Å²) < 4.78 is 13.7. The average molecular weight is 294 g/mol. The molecular formula is C15H17ClFN3. The SMILES string of the molecule is CNCc1nc(N(C)Cc2ccccc2F)ccc1Cl. The Labute approximate surface area is 123 Å². The first kappa shape index (κ1) is 14.8. The van der Waals surface area contributed by atoms with Crippen molar-refractivity contribution in [1.82, 2.24) is 10.3 Å². The summed E-state index contributed by atoms with van der Waals surface area (Å²) >= 11 is 6.08. The van der Waals surface area contributed by atoms with Gasteiger partial charge in [0.15, 0.2) is 0 Å². The third-order valence-corrected chi connectivity index (χ3v) is 3.35. The smallest absolute Gasteiger partial charge is 0.129 e. The maximum Gasteiger partial charge on any atom is 0.129 e. The van der Waals surface area contributed by atoms with E-state index >= 15 is 0 Å². The number of hydrogen-bond donors (Lipinski definition) is 1. The minimum Gasteiger partial charge on any atom is -0.355 e. The van der Waals surface area contributed by atoms with E-state index in [0.29, 0.717) is 23.7 Å². The van der Waals surface area contributed by atoms with Crippen LogP contribution in [0.15, 0.2) is 36.4 Å². The summed E-state index contributed by atoms with van der Waals surface area (Å²) in [5, 5.41) is 3.65. The highest BCUT2D eigenvalue weighted by molar-refractivity contribution is 6.31. The molecule has 0 amide bonds. The van der Waals surface area contributed by atoms with Gasteiger partial charge in [-0.1, -0.05) is 29.8 Å². The molecule has 1 aromatic carbocycles. The summed E-state index contributed by atoms with van der Waals surface area (Å²) in [6.07, 6.45) is 0. The maximum atomic E-state index is 13.7. The van der Waals surface area contributed by atoms with Crippen molar-refractivity contribution in [2.75, 3.05) is 19.0 Å². The molecule has 0 radical (unpaired) electrons. The molecule has 0 spiro atoms. The Balaban J connectivity index is 2.19. The van der Waals surface area contributed by atoms with Gasteiger partial charge in [0.25, 0.3) is 0 Å². The quantitative estimate of drug-likeness (QED) is 0.917. The number of hydrogen-bond acceptors (Lipinski definition) is 3. The van der Waals surface area contributed by atoms with Gasteiger partial charge in [0, 0.05) is 25.7 Å². The van der Waals surface area contributed by atoms with Crippen molar-refractivity contribution in [3.63, 3.8) is 0 Å². The van der Waals surface area contributed by atoms with Gasteiger partial charge in [0.1, 0.15) is 11.6 Å². The number of nitrogens with zero attached hydrogens (tertiary/aromatic N) is 2. The molecule has 0 atom stereocenters. The van der Waals surface area contributed by atoms with Gasteiger partial charge in [0.2, 0.25) is 0 Å². The summed E-state index contributed by atoms with van der Waals surface area (Å²) in [4.78, 5) is 6.39. The lowest BCUT2D eigenvalue weighted by atomic mass is 10.2. The van der Waals surface area contributed by atoms with Crippen molar-refractivity contribution < 1.29 is 4.39 Å². The standard InChI is InChI=1S/C15H17ClFN3/c1-18-9-14-12(16)7-8-15(19-14)20(2)10-11-5-3-4-6-13(11)17/h3-8,18H,9-10H2,1-2H3. The number of anilines is 1. The fourth-order valence-electron chi connectivity index (χ4n) is 1.94. The first-order valence-corrected chi connectivity index (χ1v) is 6.74. The summed E-state index contributed by atoms with van der Waals surface area (Å²) in [5.41, 5.74) is 1.42. The second-order valence-electron chi connectivity index (χ2n) is 4.58. The van der Waals surface area contributed by atoms with Crippen LogP contribution in [0.25, 0.3) is 0 Å². The van der Waals surface area contributed by atoms with Gasteiger partial charge < -0.3 is 10.2 Å². The van der Waals surface area contributed by atoms with Crippen LogP contribution in [0.2, 0.25) is 5.02 Å². The molecule has 2 aromatic rings. The number of pyridine rings is 1. The number of nitrogens with one attached hydrogen (secondary N) is 1. The lowest BCUT2D eigenvalue weighted by Gasteiger charge is -2.19. The molecule has 1 N–H and O–H groups in total. The van der Waals surface area contributed by atoms with Crippen LogP contribution in [0.4, 0.5) is 10.2 Å². The molecule has 0 unspecified atom stereocenters. The highest BCUT2D eigenvalue weighted by Crippen LogP contribution is 2.20. The number of halogens is 2. The predicted octanol–water partition coefficient (Wildman–Crippen LogP) is 3.23. The van der Waals surface area contributed by atoms with Crippen LogP contribution in [-0.4, -0.2) is 19.1 Å². The fourth-order valence-corrected chi connectivity index (χ4v) is 2.11. The van der Waals surface area contributed by atoms with Crippen LogP contribution in [0.5, 0.6) is 0 Å². The highest BCUT2D eigenvalue weighted by Gasteiger charge is 2.09.